The fraction of sp³-hybridized carbons (Fsp3) is 0.522. The average Bonchev–Trinajstić information content (AvgIpc) is 2.74. The second-order valence-corrected chi connectivity index (χ2v) is 8.00. The number of esters is 1. The minimum Gasteiger partial charge on any atom is -0.483 e. The normalized spacial score (nSPS) is 14.7. The molecule has 30 heavy (non-hydrogen) atoms. The van der Waals surface area contributed by atoms with Gasteiger partial charge in [0.15, 0.2) is 6.61 Å². The van der Waals surface area contributed by atoms with Gasteiger partial charge < -0.3 is 18.8 Å². The van der Waals surface area contributed by atoms with Crippen molar-refractivity contribution < 1.29 is 23.5 Å². The van der Waals surface area contributed by atoms with Crippen LogP contribution in [-0.2, 0) is 14.3 Å². The van der Waals surface area contributed by atoms with Crippen molar-refractivity contribution in [2.75, 3.05) is 26.8 Å². The van der Waals surface area contributed by atoms with E-state index in [-0.39, 0.29) is 24.1 Å². The fourth-order valence-electron chi connectivity index (χ4n) is 3.93. The van der Waals surface area contributed by atoms with Crippen molar-refractivity contribution in [1.29, 1.82) is 0 Å². The topological polar surface area (TPSA) is 86.1 Å². The number of carbonyl (C=O) groups excluding carboxylic acids is 2. The minimum atomic E-state index is -0.359. The molecule has 1 saturated heterocycles. The lowest BCUT2D eigenvalue weighted by atomic mass is 9.92. The Labute approximate surface area is 175 Å². The number of rotatable bonds is 6. The van der Waals surface area contributed by atoms with Gasteiger partial charge in [0.2, 0.25) is 0 Å². The summed E-state index contributed by atoms with van der Waals surface area (Å²) in [5.74, 6) is 0.732. The van der Waals surface area contributed by atoms with Gasteiger partial charge >= 0.3 is 11.6 Å². The number of methoxy groups -OCH3 is 1. The van der Waals surface area contributed by atoms with E-state index in [4.69, 9.17) is 13.9 Å². The zero-order valence-corrected chi connectivity index (χ0v) is 18.1. The number of ether oxygens (including phenoxy) is 2. The second-order valence-electron chi connectivity index (χ2n) is 8.00. The highest BCUT2D eigenvalue weighted by Gasteiger charge is 2.24. The van der Waals surface area contributed by atoms with Gasteiger partial charge in [-0.25, -0.2) is 4.79 Å². The third-order valence-electron chi connectivity index (χ3n) is 5.96. The molecular formula is C23H29NO6. The molecule has 7 heteroatoms. The van der Waals surface area contributed by atoms with E-state index in [1.54, 1.807) is 13.0 Å². The summed E-state index contributed by atoms with van der Waals surface area (Å²) in [7, 11) is 1.40. The first-order valence-electron chi connectivity index (χ1n) is 10.3. The summed E-state index contributed by atoms with van der Waals surface area (Å²) >= 11 is 0. The molecule has 0 spiro atoms. The summed E-state index contributed by atoms with van der Waals surface area (Å²) in [5.41, 5.74) is 2.34. The van der Waals surface area contributed by atoms with Crippen LogP contribution in [-0.4, -0.2) is 43.6 Å². The summed E-state index contributed by atoms with van der Waals surface area (Å²) < 4.78 is 16.0. The second kappa shape index (κ2) is 9.32. The molecule has 0 radical (unpaired) electrons. The molecule has 0 unspecified atom stereocenters. The summed E-state index contributed by atoms with van der Waals surface area (Å²) in [5, 5.41) is 0.729. The van der Waals surface area contributed by atoms with E-state index in [0.29, 0.717) is 42.3 Å². The molecule has 1 aliphatic rings. The minimum absolute atomic E-state index is 0.0665. The Morgan fingerprint density at radius 3 is 2.50 bits per heavy atom. The van der Waals surface area contributed by atoms with E-state index in [1.807, 2.05) is 24.8 Å². The van der Waals surface area contributed by atoms with Crippen molar-refractivity contribution in [3.8, 4) is 5.75 Å². The SMILES string of the molecule is COC(=O)CCC1CCN(C(=O)COc2cc(C)cc3oc(=O)c(C)c(C)c23)CC1. The third-order valence-corrected chi connectivity index (χ3v) is 5.96. The smallest absolute Gasteiger partial charge is 0.339 e. The summed E-state index contributed by atoms with van der Waals surface area (Å²) in [6.07, 6.45) is 2.97. The predicted molar refractivity (Wildman–Crippen MR) is 113 cm³/mol. The monoisotopic (exact) mass is 415 g/mol. The number of hydrogen-bond acceptors (Lipinski definition) is 6. The standard InChI is InChI=1S/C23H29NO6/c1-14-11-18(22-15(2)16(3)23(27)30-19(22)12-14)29-13-20(25)24-9-7-17(8-10-24)5-6-21(26)28-4/h11-12,17H,5-10,13H2,1-4H3. The van der Waals surface area contributed by atoms with Crippen molar-refractivity contribution >= 4 is 22.8 Å². The van der Waals surface area contributed by atoms with Crippen LogP contribution in [0.4, 0.5) is 0 Å². The van der Waals surface area contributed by atoms with E-state index in [1.165, 1.54) is 7.11 Å². The number of benzene rings is 1. The van der Waals surface area contributed by atoms with Gasteiger partial charge in [-0.05, 0) is 69.2 Å². The first kappa shape index (κ1) is 21.9. The summed E-state index contributed by atoms with van der Waals surface area (Å²) in [6, 6.07) is 3.66. The maximum atomic E-state index is 12.7. The Morgan fingerprint density at radius 1 is 1.13 bits per heavy atom. The number of piperidine rings is 1. The number of amides is 1. The van der Waals surface area contributed by atoms with Gasteiger partial charge in [0.25, 0.3) is 5.91 Å². The van der Waals surface area contributed by atoms with Crippen LogP contribution in [0.3, 0.4) is 0 Å². The molecule has 2 aromatic rings. The highest BCUT2D eigenvalue weighted by molar-refractivity contribution is 5.88. The van der Waals surface area contributed by atoms with Crippen molar-refractivity contribution in [1.82, 2.24) is 4.90 Å². The van der Waals surface area contributed by atoms with E-state index in [0.717, 1.165) is 35.8 Å². The number of fused-ring (bicyclic) bond motifs is 1. The van der Waals surface area contributed by atoms with Gasteiger partial charge in [0.1, 0.15) is 11.3 Å². The van der Waals surface area contributed by atoms with Gasteiger partial charge in [-0.1, -0.05) is 0 Å². The van der Waals surface area contributed by atoms with Gasteiger partial charge in [-0.2, -0.15) is 0 Å². The van der Waals surface area contributed by atoms with E-state index < -0.39 is 0 Å². The molecule has 2 heterocycles. The summed E-state index contributed by atoms with van der Waals surface area (Å²) in [4.78, 5) is 37.8. The Bertz CT molecular complexity index is 1000. The van der Waals surface area contributed by atoms with E-state index in [9.17, 15) is 14.4 Å². The Hall–Kier alpha value is -2.83. The lowest BCUT2D eigenvalue weighted by Crippen LogP contribution is -2.41. The number of nitrogens with zero attached hydrogens (tertiary/aromatic N) is 1. The van der Waals surface area contributed by atoms with E-state index >= 15 is 0 Å². The first-order valence-corrected chi connectivity index (χ1v) is 10.3. The molecule has 0 N–H and O–H groups in total. The van der Waals surface area contributed by atoms with Crippen LogP contribution in [0.15, 0.2) is 21.3 Å². The quantitative estimate of drug-likeness (QED) is 0.532. The van der Waals surface area contributed by atoms with Gasteiger partial charge in [-0.3, -0.25) is 9.59 Å². The van der Waals surface area contributed by atoms with Crippen LogP contribution in [0, 0.1) is 26.7 Å². The predicted octanol–water partition coefficient (Wildman–Crippen LogP) is 3.29. The zero-order valence-electron chi connectivity index (χ0n) is 18.1. The molecule has 1 aromatic carbocycles. The molecule has 0 saturated carbocycles. The Morgan fingerprint density at radius 2 is 1.83 bits per heavy atom. The average molecular weight is 415 g/mol. The number of hydrogen-bond donors (Lipinski definition) is 0. The third kappa shape index (κ3) is 4.83. The van der Waals surface area contributed by atoms with E-state index in [2.05, 4.69) is 0 Å². The molecule has 162 valence electrons. The Kier molecular flexibility index (Phi) is 6.80. The van der Waals surface area contributed by atoms with Gasteiger partial charge in [-0.15, -0.1) is 0 Å². The van der Waals surface area contributed by atoms with Crippen LogP contribution in [0.25, 0.3) is 11.0 Å². The number of carbonyl (C=O) groups is 2. The zero-order chi connectivity index (χ0) is 21.8. The summed E-state index contributed by atoms with van der Waals surface area (Å²) in [6.45, 7) is 6.73. The molecule has 0 atom stereocenters. The maximum Gasteiger partial charge on any atom is 0.339 e. The van der Waals surface area contributed by atoms with Crippen LogP contribution < -0.4 is 10.4 Å². The molecule has 1 aliphatic heterocycles. The fourth-order valence-corrected chi connectivity index (χ4v) is 3.93. The molecule has 0 bridgehead atoms. The van der Waals surface area contributed by atoms with Crippen molar-refractivity contribution in [3.05, 3.63) is 39.2 Å². The van der Waals surface area contributed by atoms with Crippen molar-refractivity contribution in [2.45, 2.75) is 46.5 Å². The number of aryl methyl sites for hydroxylation is 2. The molecule has 1 fully saturated rings. The number of likely N-dealkylation sites (tertiary alicyclic amines) is 1. The van der Waals surface area contributed by atoms with Crippen LogP contribution in [0.1, 0.15) is 42.4 Å². The van der Waals surface area contributed by atoms with Gasteiger partial charge in [0, 0.05) is 25.1 Å². The first-order chi connectivity index (χ1) is 14.3. The van der Waals surface area contributed by atoms with Crippen LogP contribution >= 0.6 is 0 Å². The lowest BCUT2D eigenvalue weighted by Gasteiger charge is -2.32. The Balaban J connectivity index is 1.63. The van der Waals surface area contributed by atoms with Crippen molar-refractivity contribution in [2.24, 2.45) is 5.92 Å². The van der Waals surface area contributed by atoms with Gasteiger partial charge in [0.05, 0.1) is 12.5 Å². The molecular weight excluding hydrogens is 386 g/mol. The molecule has 1 aromatic heterocycles. The van der Waals surface area contributed by atoms with Crippen LogP contribution in [0.5, 0.6) is 5.75 Å². The molecule has 3 rings (SSSR count). The highest BCUT2D eigenvalue weighted by atomic mass is 16.5. The molecule has 0 aliphatic carbocycles. The lowest BCUT2D eigenvalue weighted by molar-refractivity contribution is -0.141. The maximum absolute atomic E-state index is 12.7. The largest absolute Gasteiger partial charge is 0.483 e. The highest BCUT2D eigenvalue weighted by Crippen LogP contribution is 2.31. The molecule has 7 nitrogen and oxygen atoms in total. The van der Waals surface area contributed by atoms with Crippen LogP contribution in [0.2, 0.25) is 0 Å². The molecule has 1 amide bonds. The van der Waals surface area contributed by atoms with Crippen molar-refractivity contribution in [3.63, 3.8) is 0 Å².